The second-order valence-corrected chi connectivity index (χ2v) is 4.43. The number of nitrogens with one attached hydrogen (secondary N) is 1. The van der Waals surface area contributed by atoms with Gasteiger partial charge < -0.3 is 10.1 Å². The first-order chi connectivity index (χ1) is 6.55. The predicted octanol–water partition coefficient (Wildman–Crippen LogP) is 2.97. The largest absolute Gasteiger partial charge is 0.374 e. The molecule has 0 fully saturated rings. The van der Waals surface area contributed by atoms with Crippen molar-refractivity contribution in [2.24, 2.45) is 0 Å². The van der Waals surface area contributed by atoms with Crippen LogP contribution in [0.2, 0.25) is 0 Å². The highest BCUT2D eigenvalue weighted by Crippen LogP contribution is 2.12. The first-order valence-electron chi connectivity index (χ1n) is 5.93. The molecular formula is C12H27NO. The van der Waals surface area contributed by atoms with Gasteiger partial charge in [-0.3, -0.25) is 0 Å². The molecule has 0 aromatic carbocycles. The van der Waals surface area contributed by atoms with Crippen molar-refractivity contribution in [2.45, 2.75) is 65.5 Å². The third kappa shape index (κ3) is 6.39. The van der Waals surface area contributed by atoms with E-state index in [4.69, 9.17) is 4.74 Å². The van der Waals surface area contributed by atoms with Gasteiger partial charge in [-0.2, -0.15) is 0 Å². The van der Waals surface area contributed by atoms with Crippen molar-refractivity contribution in [1.82, 2.24) is 5.32 Å². The molecule has 1 N–H and O–H groups in total. The topological polar surface area (TPSA) is 21.3 Å². The van der Waals surface area contributed by atoms with Crippen LogP contribution in [0.25, 0.3) is 0 Å². The molecule has 14 heavy (non-hydrogen) atoms. The Hall–Kier alpha value is -0.0800. The van der Waals surface area contributed by atoms with Crippen LogP contribution < -0.4 is 5.32 Å². The molecule has 0 saturated heterocycles. The van der Waals surface area contributed by atoms with Crippen LogP contribution in [0.3, 0.4) is 0 Å². The van der Waals surface area contributed by atoms with Gasteiger partial charge >= 0.3 is 0 Å². The Morgan fingerprint density at radius 3 is 2.14 bits per heavy atom. The molecule has 0 rings (SSSR count). The summed E-state index contributed by atoms with van der Waals surface area (Å²) in [5.41, 5.74) is 0.0373. The molecule has 0 aliphatic rings. The monoisotopic (exact) mass is 201 g/mol. The quantitative estimate of drug-likeness (QED) is 0.610. The van der Waals surface area contributed by atoms with Gasteiger partial charge in [-0.15, -0.1) is 0 Å². The summed E-state index contributed by atoms with van der Waals surface area (Å²) in [6.07, 6.45) is 3.47. The molecule has 86 valence electrons. The minimum atomic E-state index is 0.0373. The van der Waals surface area contributed by atoms with Gasteiger partial charge in [-0.1, -0.05) is 20.8 Å². The fourth-order valence-electron chi connectivity index (χ4n) is 1.27. The van der Waals surface area contributed by atoms with Crippen LogP contribution in [0.1, 0.15) is 53.9 Å². The molecule has 2 nitrogen and oxygen atoms in total. The molecule has 2 heteroatoms. The predicted molar refractivity (Wildman–Crippen MR) is 62.7 cm³/mol. The van der Waals surface area contributed by atoms with Crippen LogP contribution in [0.5, 0.6) is 0 Å². The van der Waals surface area contributed by atoms with Crippen LogP contribution >= 0.6 is 0 Å². The third-order valence-corrected chi connectivity index (χ3v) is 2.86. The average molecular weight is 201 g/mol. The van der Waals surface area contributed by atoms with Gasteiger partial charge in [0.25, 0.3) is 0 Å². The first kappa shape index (κ1) is 13.9. The Labute approximate surface area is 89.4 Å². The number of hydrogen-bond donors (Lipinski definition) is 1. The summed E-state index contributed by atoms with van der Waals surface area (Å²) in [6.45, 7) is 12.7. The lowest BCUT2D eigenvalue weighted by atomic mass is 10.1. The summed E-state index contributed by atoms with van der Waals surface area (Å²) in [6, 6.07) is 0.656. The van der Waals surface area contributed by atoms with Gasteiger partial charge in [0.1, 0.15) is 0 Å². The van der Waals surface area contributed by atoms with Gasteiger partial charge in [0.05, 0.1) is 12.2 Å². The van der Waals surface area contributed by atoms with Crippen LogP contribution in [-0.2, 0) is 4.74 Å². The summed E-state index contributed by atoms with van der Waals surface area (Å²) in [5.74, 6) is 0. The molecule has 0 aliphatic carbocycles. The van der Waals surface area contributed by atoms with Gasteiger partial charge in [0.2, 0.25) is 0 Å². The minimum absolute atomic E-state index is 0.0373. The van der Waals surface area contributed by atoms with Crippen LogP contribution in [0.15, 0.2) is 0 Å². The minimum Gasteiger partial charge on any atom is -0.374 e. The van der Waals surface area contributed by atoms with Crippen LogP contribution in [-0.4, -0.2) is 24.8 Å². The van der Waals surface area contributed by atoms with Crippen molar-refractivity contribution in [3.05, 3.63) is 0 Å². The number of rotatable bonds is 8. The molecule has 0 saturated carbocycles. The van der Waals surface area contributed by atoms with E-state index in [1.807, 2.05) is 0 Å². The summed E-state index contributed by atoms with van der Waals surface area (Å²) >= 11 is 0. The van der Waals surface area contributed by atoms with Crippen molar-refractivity contribution in [2.75, 3.05) is 13.2 Å². The van der Waals surface area contributed by atoms with E-state index in [9.17, 15) is 0 Å². The smallest absolute Gasteiger partial charge is 0.0624 e. The maximum atomic E-state index is 5.76. The molecule has 0 aliphatic heterocycles. The van der Waals surface area contributed by atoms with Crippen molar-refractivity contribution >= 4 is 0 Å². The second-order valence-electron chi connectivity index (χ2n) is 4.43. The molecule has 0 atom stereocenters. The van der Waals surface area contributed by atoms with Gasteiger partial charge in [0, 0.05) is 12.6 Å². The fraction of sp³-hybridized carbons (Fsp3) is 1.00. The lowest BCUT2D eigenvalue weighted by Crippen LogP contribution is -2.33. The molecule has 0 amide bonds. The Balaban J connectivity index is 3.45. The summed E-state index contributed by atoms with van der Waals surface area (Å²) in [4.78, 5) is 0. The highest BCUT2D eigenvalue weighted by Gasteiger charge is 2.14. The Morgan fingerprint density at radius 2 is 1.71 bits per heavy atom. The summed E-state index contributed by atoms with van der Waals surface area (Å²) in [5, 5.41) is 3.49. The average Bonchev–Trinajstić information content (AvgIpc) is 2.18. The lowest BCUT2D eigenvalue weighted by Gasteiger charge is -2.24. The highest BCUT2D eigenvalue weighted by molar-refractivity contribution is 4.66. The summed E-state index contributed by atoms with van der Waals surface area (Å²) in [7, 11) is 0. The fourth-order valence-corrected chi connectivity index (χ4v) is 1.27. The molecule has 0 unspecified atom stereocenters. The van der Waals surface area contributed by atoms with E-state index in [1.165, 1.54) is 12.8 Å². The van der Waals surface area contributed by atoms with E-state index in [1.54, 1.807) is 0 Å². The molecular weight excluding hydrogens is 174 g/mol. The Bertz CT molecular complexity index is 130. The molecule has 0 heterocycles. The zero-order valence-electron chi connectivity index (χ0n) is 10.5. The zero-order valence-corrected chi connectivity index (χ0v) is 10.5. The SMILES string of the molecule is CCC(CC)NCCOC(C)(C)CC. The Kier molecular flexibility index (Phi) is 7.20. The highest BCUT2D eigenvalue weighted by atomic mass is 16.5. The molecule has 0 aromatic rings. The maximum absolute atomic E-state index is 5.76. The molecule has 0 spiro atoms. The van der Waals surface area contributed by atoms with E-state index in [2.05, 4.69) is 39.9 Å². The maximum Gasteiger partial charge on any atom is 0.0624 e. The van der Waals surface area contributed by atoms with E-state index in [0.717, 1.165) is 19.6 Å². The van der Waals surface area contributed by atoms with Crippen molar-refractivity contribution in [3.8, 4) is 0 Å². The number of hydrogen-bond acceptors (Lipinski definition) is 2. The first-order valence-corrected chi connectivity index (χ1v) is 5.93. The van der Waals surface area contributed by atoms with Crippen LogP contribution in [0, 0.1) is 0 Å². The zero-order chi connectivity index (χ0) is 11.0. The molecule has 0 bridgehead atoms. The standard InChI is InChI=1S/C12H27NO/c1-6-11(7-2)13-9-10-14-12(4,5)8-3/h11,13H,6-10H2,1-5H3. The van der Waals surface area contributed by atoms with E-state index < -0.39 is 0 Å². The van der Waals surface area contributed by atoms with Crippen molar-refractivity contribution in [3.63, 3.8) is 0 Å². The number of ether oxygens (including phenoxy) is 1. The molecule has 0 aromatic heterocycles. The lowest BCUT2D eigenvalue weighted by molar-refractivity contribution is -0.0187. The van der Waals surface area contributed by atoms with Crippen molar-refractivity contribution in [1.29, 1.82) is 0 Å². The van der Waals surface area contributed by atoms with Crippen molar-refractivity contribution < 1.29 is 4.74 Å². The summed E-state index contributed by atoms with van der Waals surface area (Å²) < 4.78 is 5.76. The van der Waals surface area contributed by atoms with E-state index >= 15 is 0 Å². The Morgan fingerprint density at radius 1 is 1.14 bits per heavy atom. The molecule has 0 radical (unpaired) electrons. The van der Waals surface area contributed by atoms with E-state index in [0.29, 0.717) is 6.04 Å². The normalized spacial score (nSPS) is 12.4. The van der Waals surface area contributed by atoms with Gasteiger partial charge in [0.15, 0.2) is 0 Å². The van der Waals surface area contributed by atoms with Crippen LogP contribution in [0.4, 0.5) is 0 Å². The van der Waals surface area contributed by atoms with Gasteiger partial charge in [-0.25, -0.2) is 0 Å². The van der Waals surface area contributed by atoms with Gasteiger partial charge in [-0.05, 0) is 33.1 Å². The second kappa shape index (κ2) is 7.24. The van der Waals surface area contributed by atoms with E-state index in [-0.39, 0.29) is 5.60 Å². The third-order valence-electron chi connectivity index (χ3n) is 2.86.